The maximum Gasteiger partial charge on any atom is 0.313 e. The third-order valence-electron chi connectivity index (χ3n) is 1.84. The van der Waals surface area contributed by atoms with Crippen LogP contribution < -0.4 is 5.73 Å². The van der Waals surface area contributed by atoms with Gasteiger partial charge in [-0.25, -0.2) is 0 Å². The van der Waals surface area contributed by atoms with Crippen molar-refractivity contribution in [1.29, 1.82) is 0 Å². The van der Waals surface area contributed by atoms with Gasteiger partial charge < -0.3 is 15.4 Å². The Labute approximate surface area is 96.0 Å². The molecule has 0 fully saturated rings. The van der Waals surface area contributed by atoms with Crippen LogP contribution in [0.4, 0.5) is 0 Å². The Morgan fingerprint density at radius 3 is 2.94 bits per heavy atom. The molecule has 1 amide bonds. The molecule has 1 aromatic heterocycles. The first-order chi connectivity index (χ1) is 7.50. The maximum atomic E-state index is 10.7. The first-order valence-electron chi connectivity index (χ1n) is 4.53. The molecule has 0 spiro atoms. The lowest BCUT2D eigenvalue weighted by atomic mass is 10.2. The van der Waals surface area contributed by atoms with Crippen LogP contribution in [-0.4, -0.2) is 37.5 Å². The normalized spacial score (nSPS) is 12.3. The van der Waals surface area contributed by atoms with E-state index in [1.807, 2.05) is 0 Å². The van der Waals surface area contributed by atoms with Gasteiger partial charge >= 0.3 is 5.97 Å². The lowest BCUT2D eigenvalue weighted by Gasteiger charge is -2.12. The van der Waals surface area contributed by atoms with E-state index in [-0.39, 0.29) is 18.2 Å². The van der Waals surface area contributed by atoms with Gasteiger partial charge in [0, 0.05) is 12.5 Å². The van der Waals surface area contributed by atoms with Crippen LogP contribution in [0.25, 0.3) is 0 Å². The molecule has 0 radical (unpaired) electrons. The van der Waals surface area contributed by atoms with Gasteiger partial charge in [0.25, 0.3) is 0 Å². The first-order valence-corrected chi connectivity index (χ1v) is 5.51. The molecule has 1 heterocycles. The molecule has 0 aromatic carbocycles. The number of carbonyl (C=O) groups excluding carboxylic acids is 1. The van der Waals surface area contributed by atoms with E-state index in [9.17, 15) is 9.59 Å². The van der Waals surface area contributed by atoms with E-state index in [0.717, 1.165) is 11.8 Å². The number of nitrogens with two attached hydrogens (primary N) is 1. The Morgan fingerprint density at radius 1 is 1.69 bits per heavy atom. The highest BCUT2D eigenvalue weighted by Gasteiger charge is 2.14. The third kappa shape index (κ3) is 3.54. The van der Waals surface area contributed by atoms with E-state index in [1.165, 1.54) is 6.33 Å². The molecule has 0 bridgehead atoms. The fraction of sp³-hybridized carbons (Fsp3) is 0.500. The van der Waals surface area contributed by atoms with Gasteiger partial charge in [0.1, 0.15) is 6.33 Å². The molecule has 1 aromatic rings. The van der Waals surface area contributed by atoms with Crippen molar-refractivity contribution >= 4 is 23.6 Å². The van der Waals surface area contributed by atoms with Crippen molar-refractivity contribution in [2.24, 2.45) is 5.73 Å². The van der Waals surface area contributed by atoms with Crippen LogP contribution in [0.5, 0.6) is 0 Å². The molecule has 0 aliphatic heterocycles. The second-order valence-electron chi connectivity index (χ2n) is 3.22. The smallest absolute Gasteiger partial charge is 0.313 e. The molecule has 1 unspecified atom stereocenters. The number of hydrogen-bond donors (Lipinski definition) is 2. The predicted octanol–water partition coefficient (Wildman–Crippen LogP) is -0.109. The second-order valence-corrected chi connectivity index (χ2v) is 4.17. The Bertz CT molecular complexity index is 392. The summed E-state index contributed by atoms with van der Waals surface area (Å²) in [4.78, 5) is 21.2. The topological polar surface area (TPSA) is 111 Å². The molecule has 8 heteroatoms. The number of primary amides is 1. The fourth-order valence-corrected chi connectivity index (χ4v) is 1.89. The van der Waals surface area contributed by atoms with Gasteiger partial charge in [-0.2, -0.15) is 0 Å². The van der Waals surface area contributed by atoms with E-state index < -0.39 is 11.9 Å². The summed E-state index contributed by atoms with van der Waals surface area (Å²) in [5.41, 5.74) is 5.08. The minimum atomic E-state index is -0.929. The average Bonchev–Trinajstić information content (AvgIpc) is 2.61. The van der Waals surface area contributed by atoms with Crippen molar-refractivity contribution < 1.29 is 14.7 Å². The zero-order chi connectivity index (χ0) is 12.1. The minimum absolute atomic E-state index is 0.0953. The van der Waals surface area contributed by atoms with Gasteiger partial charge in [0.15, 0.2) is 5.16 Å². The number of carbonyl (C=O) groups is 2. The molecule has 0 aliphatic carbocycles. The molecule has 16 heavy (non-hydrogen) atoms. The van der Waals surface area contributed by atoms with E-state index in [1.54, 1.807) is 11.5 Å². The van der Waals surface area contributed by atoms with Gasteiger partial charge in [0.05, 0.1) is 5.75 Å². The van der Waals surface area contributed by atoms with E-state index in [2.05, 4.69) is 10.2 Å². The van der Waals surface area contributed by atoms with Crippen molar-refractivity contribution in [1.82, 2.24) is 14.8 Å². The molecular formula is C8H12N4O3S. The Kier molecular flexibility index (Phi) is 4.29. The van der Waals surface area contributed by atoms with Gasteiger partial charge in [-0.1, -0.05) is 11.8 Å². The standard InChI is InChI=1S/C8H12N4O3S/c1-5(2-6(9)13)12-4-10-11-8(12)16-3-7(14)15/h4-5H,2-3H2,1H3,(H2,9,13)(H,14,15). The quantitative estimate of drug-likeness (QED) is 0.675. The monoisotopic (exact) mass is 244 g/mol. The fourth-order valence-electron chi connectivity index (χ4n) is 1.15. The number of aromatic nitrogens is 3. The summed E-state index contributed by atoms with van der Waals surface area (Å²) in [6, 6.07) is -0.177. The summed E-state index contributed by atoms with van der Waals surface area (Å²) in [5, 5.41) is 16.5. The van der Waals surface area contributed by atoms with Crippen molar-refractivity contribution in [2.45, 2.75) is 24.5 Å². The molecule has 1 rings (SSSR count). The van der Waals surface area contributed by atoms with Gasteiger partial charge in [-0.3, -0.25) is 9.59 Å². The molecular weight excluding hydrogens is 232 g/mol. The number of nitrogens with zero attached hydrogens (tertiary/aromatic N) is 3. The SMILES string of the molecule is CC(CC(N)=O)n1cnnc1SCC(=O)O. The highest BCUT2D eigenvalue weighted by atomic mass is 32.2. The van der Waals surface area contributed by atoms with Crippen LogP contribution >= 0.6 is 11.8 Å². The van der Waals surface area contributed by atoms with Crippen LogP contribution in [0, 0.1) is 0 Å². The number of aliphatic carboxylic acids is 1. The maximum absolute atomic E-state index is 10.7. The largest absolute Gasteiger partial charge is 0.481 e. The van der Waals surface area contributed by atoms with Gasteiger partial charge in [-0.05, 0) is 6.92 Å². The molecule has 7 nitrogen and oxygen atoms in total. The Balaban J connectivity index is 2.69. The predicted molar refractivity (Wildman–Crippen MR) is 56.9 cm³/mol. The summed E-state index contributed by atoms with van der Waals surface area (Å²) in [7, 11) is 0. The molecule has 88 valence electrons. The molecule has 0 saturated carbocycles. The molecule has 1 atom stereocenters. The van der Waals surface area contributed by atoms with Crippen molar-refractivity contribution in [3.8, 4) is 0 Å². The van der Waals surface area contributed by atoms with Gasteiger partial charge in [0.2, 0.25) is 5.91 Å². The summed E-state index contributed by atoms with van der Waals surface area (Å²) in [5.74, 6) is -1.44. The number of hydrogen-bond acceptors (Lipinski definition) is 5. The van der Waals surface area contributed by atoms with Crippen LogP contribution in [0.3, 0.4) is 0 Å². The lowest BCUT2D eigenvalue weighted by molar-refractivity contribution is -0.134. The van der Waals surface area contributed by atoms with Crippen molar-refractivity contribution in [2.75, 3.05) is 5.75 Å². The summed E-state index contributed by atoms with van der Waals surface area (Å²) in [6.07, 6.45) is 1.62. The second kappa shape index (κ2) is 5.50. The number of rotatable bonds is 6. The highest BCUT2D eigenvalue weighted by Crippen LogP contribution is 2.20. The van der Waals surface area contributed by atoms with Crippen LogP contribution in [0.15, 0.2) is 11.5 Å². The van der Waals surface area contributed by atoms with Crippen LogP contribution in [-0.2, 0) is 9.59 Å². The minimum Gasteiger partial charge on any atom is -0.481 e. The Morgan fingerprint density at radius 2 is 2.38 bits per heavy atom. The average molecular weight is 244 g/mol. The van der Waals surface area contributed by atoms with E-state index in [0.29, 0.717) is 5.16 Å². The number of thioether (sulfide) groups is 1. The summed E-state index contributed by atoms with van der Waals surface area (Å²) < 4.78 is 1.64. The number of amides is 1. The van der Waals surface area contributed by atoms with Crippen LogP contribution in [0.2, 0.25) is 0 Å². The Hall–Kier alpha value is -1.57. The zero-order valence-corrected chi connectivity index (χ0v) is 9.48. The van der Waals surface area contributed by atoms with Gasteiger partial charge in [-0.15, -0.1) is 10.2 Å². The van der Waals surface area contributed by atoms with E-state index >= 15 is 0 Å². The molecule has 0 aliphatic rings. The number of carboxylic acids is 1. The lowest BCUT2D eigenvalue weighted by Crippen LogP contribution is -2.17. The van der Waals surface area contributed by atoms with Crippen LogP contribution in [0.1, 0.15) is 19.4 Å². The van der Waals surface area contributed by atoms with Crippen molar-refractivity contribution in [3.05, 3.63) is 6.33 Å². The molecule has 3 N–H and O–H groups in total. The van der Waals surface area contributed by atoms with E-state index in [4.69, 9.17) is 10.8 Å². The summed E-state index contributed by atoms with van der Waals surface area (Å²) >= 11 is 1.05. The summed E-state index contributed by atoms with van der Waals surface area (Å²) in [6.45, 7) is 1.79. The van der Waals surface area contributed by atoms with Crippen molar-refractivity contribution in [3.63, 3.8) is 0 Å². The highest BCUT2D eigenvalue weighted by molar-refractivity contribution is 7.99. The zero-order valence-electron chi connectivity index (χ0n) is 8.66. The first kappa shape index (κ1) is 12.5. The third-order valence-corrected chi connectivity index (χ3v) is 2.78. The molecule has 0 saturated heterocycles. The number of carboxylic acid groups (broad SMARTS) is 1.